The quantitative estimate of drug-likeness (QED) is 0.885. The van der Waals surface area contributed by atoms with Gasteiger partial charge in [0.2, 0.25) is 0 Å². The number of thiophene rings is 1. The average molecular weight is 329 g/mol. The van der Waals surface area contributed by atoms with Gasteiger partial charge in [0, 0.05) is 6.07 Å². The van der Waals surface area contributed by atoms with E-state index in [0.717, 1.165) is 6.07 Å². The van der Waals surface area contributed by atoms with Crippen molar-refractivity contribution in [1.82, 2.24) is 0 Å². The van der Waals surface area contributed by atoms with Crippen LogP contribution in [0, 0.1) is 5.82 Å². The molecule has 0 aliphatic rings. The number of hydrogen-bond donors (Lipinski definition) is 2. The van der Waals surface area contributed by atoms with Crippen molar-refractivity contribution < 1.29 is 18.7 Å². The minimum atomic E-state index is -0.627. The van der Waals surface area contributed by atoms with Gasteiger partial charge in [0.1, 0.15) is 16.6 Å². The van der Waals surface area contributed by atoms with Crippen LogP contribution in [-0.2, 0) is 4.79 Å². The van der Waals surface area contributed by atoms with Gasteiger partial charge >= 0.3 is 0 Å². The van der Waals surface area contributed by atoms with Crippen LogP contribution < -0.4 is 15.8 Å². The van der Waals surface area contributed by atoms with Crippen LogP contribution in [-0.4, -0.2) is 18.4 Å². The van der Waals surface area contributed by atoms with Gasteiger partial charge in [0.25, 0.3) is 11.8 Å². The second-order valence-electron chi connectivity index (χ2n) is 3.94. The molecule has 0 unspecified atom stereocenters. The highest BCUT2D eigenvalue weighted by Crippen LogP contribution is 2.23. The molecule has 0 saturated carbocycles. The molecule has 0 radical (unpaired) electrons. The zero-order chi connectivity index (χ0) is 15.4. The Hall–Kier alpha value is -2.12. The zero-order valence-corrected chi connectivity index (χ0v) is 12.1. The molecule has 0 aliphatic heterocycles. The van der Waals surface area contributed by atoms with Crippen molar-refractivity contribution >= 4 is 39.8 Å². The monoisotopic (exact) mass is 328 g/mol. The number of hydrogen-bond acceptors (Lipinski definition) is 4. The summed E-state index contributed by atoms with van der Waals surface area (Å²) in [5, 5.41) is 4.41. The number of ether oxygens (including phenoxy) is 1. The molecule has 3 N–H and O–H groups in total. The number of amides is 2. The van der Waals surface area contributed by atoms with Crippen LogP contribution in [0.4, 0.5) is 9.39 Å². The lowest BCUT2D eigenvalue weighted by molar-refractivity contribution is -0.118. The van der Waals surface area contributed by atoms with Crippen LogP contribution in [0.5, 0.6) is 5.75 Å². The second-order valence-corrected chi connectivity index (χ2v) is 5.26. The highest BCUT2D eigenvalue weighted by Gasteiger charge is 2.13. The van der Waals surface area contributed by atoms with Crippen molar-refractivity contribution in [2.24, 2.45) is 5.73 Å². The average Bonchev–Trinajstić information content (AvgIpc) is 2.88. The summed E-state index contributed by atoms with van der Waals surface area (Å²) in [5.41, 5.74) is 5.40. The maximum Gasteiger partial charge on any atom is 0.262 e. The smallest absolute Gasteiger partial charge is 0.262 e. The van der Waals surface area contributed by atoms with E-state index in [1.807, 2.05) is 0 Å². The van der Waals surface area contributed by atoms with Crippen LogP contribution >= 0.6 is 22.9 Å². The molecule has 1 heterocycles. The minimum absolute atomic E-state index is 0.0952. The Morgan fingerprint density at radius 1 is 1.38 bits per heavy atom. The van der Waals surface area contributed by atoms with Gasteiger partial charge in [0.05, 0.1) is 10.6 Å². The fourth-order valence-electron chi connectivity index (χ4n) is 1.48. The second kappa shape index (κ2) is 6.55. The Morgan fingerprint density at radius 3 is 2.81 bits per heavy atom. The van der Waals surface area contributed by atoms with Gasteiger partial charge in [0.15, 0.2) is 6.61 Å². The SMILES string of the molecule is NC(=O)c1ccsc1NC(=O)COc1ccc(F)c(Cl)c1. The largest absolute Gasteiger partial charge is 0.484 e. The third kappa shape index (κ3) is 3.93. The van der Waals surface area contributed by atoms with Crippen molar-refractivity contribution in [1.29, 1.82) is 0 Å². The van der Waals surface area contributed by atoms with Crippen LogP contribution in [0.15, 0.2) is 29.6 Å². The molecule has 2 aromatic rings. The summed E-state index contributed by atoms with van der Waals surface area (Å²) < 4.78 is 18.1. The van der Waals surface area contributed by atoms with E-state index >= 15 is 0 Å². The summed E-state index contributed by atoms with van der Waals surface area (Å²) in [5.74, 6) is -1.41. The number of nitrogens with two attached hydrogens (primary N) is 1. The molecule has 0 saturated heterocycles. The standard InChI is InChI=1S/C13H10ClFN2O3S/c14-9-5-7(1-2-10(9)15)20-6-11(18)17-13-8(12(16)19)3-4-21-13/h1-5H,6H2,(H2,16,19)(H,17,18). The number of carbonyl (C=O) groups excluding carboxylic acids is 2. The first-order valence-electron chi connectivity index (χ1n) is 5.72. The van der Waals surface area contributed by atoms with Crippen LogP contribution in [0.25, 0.3) is 0 Å². The molecule has 0 bridgehead atoms. The van der Waals surface area contributed by atoms with Crippen molar-refractivity contribution in [3.63, 3.8) is 0 Å². The molecule has 2 rings (SSSR count). The molecular weight excluding hydrogens is 319 g/mol. The first-order valence-corrected chi connectivity index (χ1v) is 6.98. The van der Waals surface area contributed by atoms with Gasteiger partial charge in [-0.1, -0.05) is 11.6 Å². The fourth-order valence-corrected chi connectivity index (χ4v) is 2.46. The molecule has 8 heteroatoms. The molecular formula is C13H10ClFN2O3S. The maximum atomic E-state index is 13.0. The van der Waals surface area contributed by atoms with E-state index in [4.69, 9.17) is 22.1 Å². The Morgan fingerprint density at radius 2 is 2.14 bits per heavy atom. The lowest BCUT2D eigenvalue weighted by atomic mass is 10.3. The maximum absolute atomic E-state index is 13.0. The molecule has 5 nitrogen and oxygen atoms in total. The summed E-state index contributed by atoms with van der Waals surface area (Å²) in [7, 11) is 0. The topological polar surface area (TPSA) is 81.4 Å². The third-order valence-corrected chi connectivity index (χ3v) is 3.56. The number of carbonyl (C=O) groups is 2. The summed E-state index contributed by atoms with van der Waals surface area (Å²) in [6.07, 6.45) is 0. The van der Waals surface area contributed by atoms with Gasteiger partial charge in [-0.2, -0.15) is 0 Å². The van der Waals surface area contributed by atoms with Crippen molar-refractivity contribution in [2.75, 3.05) is 11.9 Å². The molecule has 2 amide bonds. The Balaban J connectivity index is 1.94. The van der Waals surface area contributed by atoms with Crippen molar-refractivity contribution in [2.45, 2.75) is 0 Å². The first kappa shape index (κ1) is 15.3. The van der Waals surface area contributed by atoms with Crippen molar-refractivity contribution in [3.05, 3.63) is 46.0 Å². The van der Waals surface area contributed by atoms with Gasteiger partial charge in [-0.25, -0.2) is 4.39 Å². The Bertz CT molecular complexity index is 690. The predicted octanol–water partition coefficient (Wildman–Crippen LogP) is 2.66. The molecule has 0 fully saturated rings. The summed E-state index contributed by atoms with van der Waals surface area (Å²) in [6.45, 7) is -0.307. The van der Waals surface area contributed by atoms with Gasteiger partial charge in [-0.05, 0) is 23.6 Å². The molecule has 0 spiro atoms. The zero-order valence-electron chi connectivity index (χ0n) is 10.6. The number of halogens is 2. The summed E-state index contributed by atoms with van der Waals surface area (Å²) in [4.78, 5) is 22.8. The van der Waals surface area contributed by atoms with Crippen LogP contribution in [0.3, 0.4) is 0 Å². The molecule has 0 aliphatic carbocycles. The predicted molar refractivity (Wildman–Crippen MR) is 78.4 cm³/mol. The highest BCUT2D eigenvalue weighted by atomic mass is 35.5. The first-order chi connectivity index (χ1) is 9.97. The van der Waals surface area contributed by atoms with Crippen molar-refractivity contribution in [3.8, 4) is 5.75 Å². The highest BCUT2D eigenvalue weighted by molar-refractivity contribution is 7.14. The van der Waals surface area contributed by atoms with E-state index in [2.05, 4.69) is 5.32 Å². The van der Waals surface area contributed by atoms with E-state index in [0.29, 0.717) is 5.00 Å². The number of benzene rings is 1. The number of anilines is 1. The van der Waals surface area contributed by atoms with E-state index in [9.17, 15) is 14.0 Å². The van der Waals surface area contributed by atoms with Gasteiger partial charge in [-0.15, -0.1) is 11.3 Å². The third-order valence-electron chi connectivity index (χ3n) is 2.44. The molecule has 110 valence electrons. The Labute approximate surface area is 128 Å². The van der Waals surface area contributed by atoms with Crippen LogP contribution in [0.1, 0.15) is 10.4 Å². The van der Waals surface area contributed by atoms with E-state index in [1.165, 1.54) is 29.5 Å². The van der Waals surface area contributed by atoms with E-state index < -0.39 is 17.6 Å². The molecule has 0 atom stereocenters. The fraction of sp³-hybridized carbons (Fsp3) is 0.0769. The lowest BCUT2D eigenvalue weighted by Crippen LogP contribution is -2.21. The molecule has 1 aromatic carbocycles. The normalized spacial score (nSPS) is 10.2. The van der Waals surface area contributed by atoms with Crippen LogP contribution in [0.2, 0.25) is 5.02 Å². The van der Waals surface area contributed by atoms with E-state index in [-0.39, 0.29) is 22.9 Å². The van der Waals surface area contributed by atoms with Gasteiger partial charge in [-0.3, -0.25) is 9.59 Å². The number of rotatable bonds is 5. The minimum Gasteiger partial charge on any atom is -0.484 e. The molecule has 21 heavy (non-hydrogen) atoms. The molecule has 1 aromatic heterocycles. The summed E-state index contributed by atoms with van der Waals surface area (Å²) >= 11 is 6.77. The summed E-state index contributed by atoms with van der Waals surface area (Å²) in [6, 6.07) is 5.28. The number of nitrogens with one attached hydrogen (secondary N) is 1. The number of primary amides is 1. The van der Waals surface area contributed by atoms with Gasteiger partial charge < -0.3 is 15.8 Å². The Kier molecular flexibility index (Phi) is 4.77. The lowest BCUT2D eigenvalue weighted by Gasteiger charge is -2.07. The van der Waals surface area contributed by atoms with E-state index in [1.54, 1.807) is 5.38 Å².